The number of hydrogen-bond acceptors (Lipinski definition) is 6. The van der Waals surface area contributed by atoms with E-state index in [9.17, 15) is 9.90 Å². The molecule has 0 spiro atoms. The van der Waals surface area contributed by atoms with E-state index < -0.39 is 5.97 Å². The number of hydrogen-bond donors (Lipinski definition) is 3. The molecule has 10 heteroatoms. The van der Waals surface area contributed by atoms with Crippen LogP contribution in [0, 0.1) is 10.7 Å². The number of anilines is 2. The number of nitrogen functional groups attached to an aromatic ring is 2. The molecule has 0 amide bonds. The fourth-order valence-electron chi connectivity index (χ4n) is 1.54. The van der Waals surface area contributed by atoms with E-state index >= 15 is 0 Å². The zero-order valence-corrected chi connectivity index (χ0v) is 17.2. The number of carbonyl (C=O) groups is 1. The zero-order chi connectivity index (χ0) is 16.4. The number of azo groups is 1. The van der Waals surface area contributed by atoms with Gasteiger partial charge in [0.25, 0.3) is 0 Å². The van der Waals surface area contributed by atoms with Gasteiger partial charge >= 0.3 is 5.97 Å². The molecule has 5 N–H and O–H groups in total. The van der Waals surface area contributed by atoms with E-state index in [0.29, 0.717) is 24.3 Å². The van der Waals surface area contributed by atoms with Gasteiger partial charge < -0.3 is 16.6 Å². The number of nitrogens with zero attached hydrogens (tertiary/aromatic N) is 3. The van der Waals surface area contributed by atoms with Crippen molar-refractivity contribution in [2.24, 2.45) is 10.2 Å². The quantitative estimate of drug-likeness (QED) is 0.345. The molecule has 2 aromatic rings. The second kappa shape index (κ2) is 7.20. The first-order chi connectivity index (χ1) is 10.3. The Bertz CT molecular complexity index is 795. The van der Waals surface area contributed by atoms with Gasteiger partial charge in [-0.25, -0.2) is 9.78 Å². The van der Waals surface area contributed by atoms with Gasteiger partial charge in [0.05, 0.1) is 9.13 Å². The van der Waals surface area contributed by atoms with Crippen molar-refractivity contribution in [3.63, 3.8) is 0 Å². The van der Waals surface area contributed by atoms with Crippen LogP contribution in [-0.2, 0) is 0 Å². The summed E-state index contributed by atoms with van der Waals surface area (Å²) < 4.78 is 1.96. The van der Waals surface area contributed by atoms with Gasteiger partial charge in [0, 0.05) is 7.14 Å². The lowest BCUT2D eigenvalue weighted by Gasteiger charge is -2.07. The van der Waals surface area contributed by atoms with Gasteiger partial charge in [-0.2, -0.15) is 0 Å². The number of aromatic nitrogens is 1. The number of aromatic carboxylic acids is 1. The van der Waals surface area contributed by atoms with Crippen molar-refractivity contribution in [2.75, 3.05) is 11.5 Å². The van der Waals surface area contributed by atoms with Crippen LogP contribution in [0.15, 0.2) is 28.4 Å². The fraction of sp³-hybridized carbons (Fsp3) is 0. The summed E-state index contributed by atoms with van der Waals surface area (Å²) in [7, 11) is 0. The van der Waals surface area contributed by atoms with Crippen LogP contribution >= 0.6 is 67.8 Å². The van der Waals surface area contributed by atoms with Gasteiger partial charge in [0.15, 0.2) is 5.82 Å². The number of benzene rings is 1. The summed E-state index contributed by atoms with van der Waals surface area (Å²) in [5, 5.41) is 17.5. The van der Waals surface area contributed by atoms with Crippen molar-refractivity contribution < 1.29 is 9.90 Å². The first kappa shape index (κ1) is 17.6. The lowest BCUT2D eigenvalue weighted by atomic mass is 10.2. The Morgan fingerprint density at radius 1 is 1.14 bits per heavy atom. The van der Waals surface area contributed by atoms with Gasteiger partial charge in [0.1, 0.15) is 17.2 Å². The Hall–Kier alpha value is -0.770. The summed E-state index contributed by atoms with van der Waals surface area (Å²) >= 11 is 6.02. The van der Waals surface area contributed by atoms with Crippen LogP contribution in [0.1, 0.15) is 10.4 Å². The van der Waals surface area contributed by atoms with E-state index in [1.165, 1.54) is 0 Å². The molecule has 1 aromatic heterocycles. The molecule has 1 heterocycles. The van der Waals surface area contributed by atoms with Gasteiger partial charge in [-0.3, -0.25) is 0 Å². The maximum absolute atomic E-state index is 11.3. The number of halogens is 3. The number of carboxylic acids is 1. The molecule has 22 heavy (non-hydrogen) atoms. The molecule has 2 rings (SSSR count). The molecule has 114 valence electrons. The number of carboxylic acid groups (broad SMARTS) is 1. The van der Waals surface area contributed by atoms with Crippen molar-refractivity contribution in [1.29, 1.82) is 0 Å². The minimum Gasteiger partial charge on any atom is -0.478 e. The molecule has 0 radical (unpaired) electrons. The largest absolute Gasteiger partial charge is 0.478 e. The first-order valence-electron chi connectivity index (χ1n) is 5.65. The normalized spacial score (nSPS) is 11.0. The Balaban J connectivity index is 2.51. The van der Waals surface area contributed by atoms with Crippen LogP contribution in [0.5, 0.6) is 0 Å². The third-order valence-electron chi connectivity index (χ3n) is 2.54. The van der Waals surface area contributed by atoms with Crippen molar-refractivity contribution in [3.8, 4) is 0 Å². The van der Waals surface area contributed by atoms with E-state index in [4.69, 9.17) is 11.5 Å². The molecule has 0 aliphatic carbocycles. The van der Waals surface area contributed by atoms with Crippen molar-refractivity contribution >= 4 is 96.8 Å². The number of rotatable bonds is 3. The second-order valence-electron chi connectivity index (χ2n) is 4.02. The molecule has 0 unspecified atom stereocenters. The van der Waals surface area contributed by atoms with E-state index in [0.717, 1.165) is 3.57 Å². The number of nitrogens with two attached hydrogens (primary N) is 2. The van der Waals surface area contributed by atoms with E-state index in [2.05, 4.69) is 37.8 Å². The summed E-state index contributed by atoms with van der Waals surface area (Å²) in [6.45, 7) is 0. The Morgan fingerprint density at radius 3 is 2.41 bits per heavy atom. The van der Waals surface area contributed by atoms with Crippen LogP contribution in [-0.4, -0.2) is 16.1 Å². The van der Waals surface area contributed by atoms with Crippen LogP contribution < -0.4 is 11.5 Å². The van der Waals surface area contributed by atoms with E-state index in [1.807, 2.05) is 45.2 Å². The fourth-order valence-corrected chi connectivity index (χ4v) is 5.59. The summed E-state index contributed by atoms with van der Waals surface area (Å²) in [5.41, 5.74) is 12.3. The topological polar surface area (TPSA) is 127 Å². The first-order valence-corrected chi connectivity index (χ1v) is 8.89. The average molecular weight is 635 g/mol. The van der Waals surface area contributed by atoms with Gasteiger partial charge in [-0.05, 0) is 86.0 Å². The second-order valence-corrected chi connectivity index (χ2v) is 7.43. The molecular weight excluding hydrogens is 627 g/mol. The van der Waals surface area contributed by atoms with Crippen molar-refractivity contribution in [1.82, 2.24) is 4.98 Å². The van der Waals surface area contributed by atoms with Crippen molar-refractivity contribution in [3.05, 3.63) is 34.5 Å². The standard InChI is InChI=1S/C12H8I3N5O2/c13-4-3-5(14)10(9(15)8(4)12(21)22)20-19-6-1-2-7(16)18-11(6)17/h1-3H,(H,21,22)(H4,16,17,18). The monoisotopic (exact) mass is 635 g/mol. The summed E-state index contributed by atoms with van der Waals surface area (Å²) in [4.78, 5) is 15.2. The molecule has 0 aliphatic heterocycles. The lowest BCUT2D eigenvalue weighted by molar-refractivity contribution is 0.0694. The zero-order valence-electron chi connectivity index (χ0n) is 10.7. The van der Waals surface area contributed by atoms with Gasteiger partial charge in [-0.15, -0.1) is 10.2 Å². The molecular formula is C12H8I3N5O2. The maximum atomic E-state index is 11.3. The molecule has 0 atom stereocenters. The molecule has 0 bridgehead atoms. The Kier molecular flexibility index (Phi) is 5.76. The highest BCUT2D eigenvalue weighted by atomic mass is 127. The van der Waals surface area contributed by atoms with Crippen LogP contribution in [0.3, 0.4) is 0 Å². The van der Waals surface area contributed by atoms with Gasteiger partial charge in [-0.1, -0.05) is 0 Å². The molecule has 0 aliphatic rings. The third kappa shape index (κ3) is 3.76. The average Bonchev–Trinajstić information content (AvgIpc) is 2.39. The highest BCUT2D eigenvalue weighted by Crippen LogP contribution is 2.35. The SMILES string of the molecule is Nc1ccc(N=Nc2c(I)cc(I)c(C(=O)O)c2I)c(N)n1. The maximum Gasteiger partial charge on any atom is 0.337 e. The van der Waals surface area contributed by atoms with Gasteiger partial charge in [0.2, 0.25) is 0 Å². The highest BCUT2D eigenvalue weighted by molar-refractivity contribution is 14.1. The third-order valence-corrected chi connectivity index (χ3v) is 5.26. The lowest BCUT2D eigenvalue weighted by Crippen LogP contribution is -2.04. The minimum absolute atomic E-state index is 0.165. The molecule has 0 saturated heterocycles. The smallest absolute Gasteiger partial charge is 0.337 e. The van der Waals surface area contributed by atoms with Crippen LogP contribution in [0.4, 0.5) is 23.0 Å². The summed E-state index contributed by atoms with van der Waals surface area (Å²) in [6.07, 6.45) is 0. The molecule has 0 saturated carbocycles. The summed E-state index contributed by atoms with van der Waals surface area (Å²) in [6, 6.07) is 4.91. The predicted molar refractivity (Wildman–Crippen MR) is 109 cm³/mol. The minimum atomic E-state index is -1.00. The number of pyridine rings is 1. The highest BCUT2D eigenvalue weighted by Gasteiger charge is 2.19. The molecule has 1 aromatic carbocycles. The van der Waals surface area contributed by atoms with E-state index in [-0.39, 0.29) is 11.4 Å². The summed E-state index contributed by atoms with van der Waals surface area (Å²) in [5.74, 6) is -0.545. The Labute approximate surface area is 166 Å². The van der Waals surface area contributed by atoms with Crippen molar-refractivity contribution in [2.45, 2.75) is 0 Å². The molecule has 7 nitrogen and oxygen atoms in total. The van der Waals surface area contributed by atoms with Crippen LogP contribution in [0.25, 0.3) is 0 Å². The van der Waals surface area contributed by atoms with E-state index in [1.54, 1.807) is 18.2 Å². The predicted octanol–water partition coefficient (Wildman–Crippen LogP) is 4.17. The molecule has 0 fully saturated rings. The van der Waals surface area contributed by atoms with Crippen LogP contribution in [0.2, 0.25) is 0 Å². The Morgan fingerprint density at radius 2 is 1.82 bits per heavy atom.